The van der Waals surface area contributed by atoms with Crippen molar-refractivity contribution in [2.24, 2.45) is 5.92 Å². The minimum atomic E-state index is -0.0186. The van der Waals surface area contributed by atoms with E-state index in [0.717, 1.165) is 63.1 Å². The van der Waals surface area contributed by atoms with Gasteiger partial charge in [-0.25, -0.2) is 4.79 Å². The molecule has 1 aliphatic rings. The summed E-state index contributed by atoms with van der Waals surface area (Å²) in [6, 6.07) is 38.2. The molecular formula is C38H45N3O. The standard InChI is InChI=1S/C38H45N3O/c1-2-3-10-32-17-21-37(22-18-32)39-38(42)41(29-33-15-19-36(20-16-33)35-13-8-5-9-14-35)30-34-24-27-40(28-25-34)26-23-31-11-6-4-7-12-31/h4-9,11-22,34H,2-3,10,23-30H2,1H3,(H,39,42). The number of urea groups is 1. The zero-order chi connectivity index (χ0) is 29.0. The van der Waals surface area contributed by atoms with Crippen molar-refractivity contribution >= 4 is 11.7 Å². The summed E-state index contributed by atoms with van der Waals surface area (Å²) in [5.74, 6) is 0.503. The molecule has 4 heteroatoms. The van der Waals surface area contributed by atoms with Crippen LogP contribution in [-0.2, 0) is 19.4 Å². The molecule has 218 valence electrons. The van der Waals surface area contributed by atoms with Crippen LogP contribution in [0.2, 0.25) is 0 Å². The minimum absolute atomic E-state index is 0.0186. The van der Waals surface area contributed by atoms with Crippen LogP contribution in [0.5, 0.6) is 0 Å². The van der Waals surface area contributed by atoms with E-state index in [9.17, 15) is 4.79 Å². The van der Waals surface area contributed by atoms with E-state index in [2.05, 4.69) is 108 Å². The SMILES string of the molecule is CCCCc1ccc(NC(=O)N(Cc2ccc(-c3ccccc3)cc2)CC2CCN(CCc3ccccc3)CC2)cc1. The van der Waals surface area contributed by atoms with Gasteiger partial charge in [-0.05, 0) is 91.1 Å². The van der Waals surface area contributed by atoms with Crippen molar-refractivity contribution in [3.8, 4) is 11.1 Å². The molecule has 4 aromatic rings. The quantitative estimate of drug-likeness (QED) is 0.188. The van der Waals surface area contributed by atoms with Crippen LogP contribution in [0.3, 0.4) is 0 Å². The molecule has 0 bridgehead atoms. The van der Waals surface area contributed by atoms with Crippen molar-refractivity contribution in [1.29, 1.82) is 0 Å². The highest BCUT2D eigenvalue weighted by Gasteiger charge is 2.24. The highest BCUT2D eigenvalue weighted by molar-refractivity contribution is 5.89. The maximum atomic E-state index is 13.7. The third-order valence-corrected chi connectivity index (χ3v) is 8.49. The first-order valence-electron chi connectivity index (χ1n) is 15.7. The second kappa shape index (κ2) is 15.4. The first-order valence-corrected chi connectivity index (χ1v) is 15.7. The monoisotopic (exact) mass is 559 g/mol. The van der Waals surface area contributed by atoms with Gasteiger partial charge in [-0.15, -0.1) is 0 Å². The Morgan fingerprint density at radius 1 is 0.738 bits per heavy atom. The van der Waals surface area contributed by atoms with Crippen molar-refractivity contribution in [2.45, 2.75) is 52.0 Å². The van der Waals surface area contributed by atoms with E-state index in [1.54, 1.807) is 0 Å². The molecule has 0 aromatic heterocycles. The lowest BCUT2D eigenvalue weighted by molar-refractivity contribution is 0.149. The second-order valence-corrected chi connectivity index (χ2v) is 11.7. The van der Waals surface area contributed by atoms with E-state index in [1.165, 1.54) is 35.1 Å². The topological polar surface area (TPSA) is 35.6 Å². The van der Waals surface area contributed by atoms with Gasteiger partial charge >= 0.3 is 6.03 Å². The van der Waals surface area contributed by atoms with Gasteiger partial charge in [0.2, 0.25) is 0 Å². The Balaban J connectivity index is 1.21. The molecule has 0 atom stereocenters. The number of amides is 2. The van der Waals surface area contributed by atoms with Gasteiger partial charge in [0.15, 0.2) is 0 Å². The fourth-order valence-electron chi connectivity index (χ4n) is 5.85. The molecule has 1 aliphatic heterocycles. The molecule has 5 rings (SSSR count). The van der Waals surface area contributed by atoms with Crippen LogP contribution in [0, 0.1) is 5.92 Å². The highest BCUT2D eigenvalue weighted by atomic mass is 16.2. The fraction of sp³-hybridized carbons (Fsp3) is 0.342. The number of likely N-dealkylation sites (tertiary alicyclic amines) is 1. The zero-order valence-electron chi connectivity index (χ0n) is 25.1. The summed E-state index contributed by atoms with van der Waals surface area (Å²) in [5, 5.41) is 3.20. The van der Waals surface area contributed by atoms with E-state index in [1.807, 2.05) is 23.1 Å². The molecule has 0 spiro atoms. The van der Waals surface area contributed by atoms with Crippen molar-refractivity contribution in [3.05, 3.63) is 126 Å². The maximum Gasteiger partial charge on any atom is 0.322 e. The molecule has 2 amide bonds. The van der Waals surface area contributed by atoms with Crippen molar-refractivity contribution in [2.75, 3.05) is 31.5 Å². The zero-order valence-corrected chi connectivity index (χ0v) is 25.1. The molecule has 42 heavy (non-hydrogen) atoms. The van der Waals surface area contributed by atoms with Crippen molar-refractivity contribution in [1.82, 2.24) is 9.80 Å². The number of hydrogen-bond acceptors (Lipinski definition) is 2. The van der Waals surface area contributed by atoms with Gasteiger partial charge in [-0.2, -0.15) is 0 Å². The molecule has 1 saturated heterocycles. The molecule has 0 aliphatic carbocycles. The highest BCUT2D eigenvalue weighted by Crippen LogP contribution is 2.23. The van der Waals surface area contributed by atoms with Gasteiger partial charge in [-0.3, -0.25) is 0 Å². The Hall–Kier alpha value is -3.89. The molecule has 0 saturated carbocycles. The largest absolute Gasteiger partial charge is 0.322 e. The third kappa shape index (κ3) is 8.80. The molecule has 0 radical (unpaired) electrons. The summed E-state index contributed by atoms with van der Waals surface area (Å²) in [4.78, 5) is 18.3. The molecule has 0 unspecified atom stereocenters. The van der Waals surface area contributed by atoms with Crippen LogP contribution < -0.4 is 5.32 Å². The van der Waals surface area contributed by atoms with Crippen LogP contribution in [0.15, 0.2) is 109 Å². The van der Waals surface area contributed by atoms with E-state index >= 15 is 0 Å². The number of nitrogens with zero attached hydrogens (tertiary/aromatic N) is 2. The van der Waals surface area contributed by atoms with Crippen LogP contribution in [0.1, 0.15) is 49.3 Å². The second-order valence-electron chi connectivity index (χ2n) is 11.7. The van der Waals surface area contributed by atoms with Gasteiger partial charge in [0.1, 0.15) is 0 Å². The van der Waals surface area contributed by atoms with Gasteiger partial charge in [0.25, 0.3) is 0 Å². The maximum absolute atomic E-state index is 13.7. The number of hydrogen-bond donors (Lipinski definition) is 1. The van der Waals surface area contributed by atoms with E-state index in [0.29, 0.717) is 12.5 Å². The number of anilines is 1. The predicted octanol–water partition coefficient (Wildman–Crippen LogP) is 8.69. The number of carbonyl (C=O) groups is 1. The molecule has 1 N–H and O–H groups in total. The van der Waals surface area contributed by atoms with Crippen LogP contribution in [-0.4, -0.2) is 42.0 Å². The number of carbonyl (C=O) groups excluding carboxylic acids is 1. The number of rotatable bonds is 12. The van der Waals surface area contributed by atoms with Crippen molar-refractivity contribution in [3.63, 3.8) is 0 Å². The Morgan fingerprint density at radius 3 is 2.00 bits per heavy atom. The number of nitrogens with one attached hydrogen (secondary N) is 1. The smallest absolute Gasteiger partial charge is 0.320 e. The number of aryl methyl sites for hydroxylation is 1. The summed E-state index contributed by atoms with van der Waals surface area (Å²) in [7, 11) is 0. The number of unbranched alkanes of at least 4 members (excludes halogenated alkanes) is 1. The van der Waals surface area contributed by atoms with Crippen molar-refractivity contribution < 1.29 is 4.79 Å². The minimum Gasteiger partial charge on any atom is -0.320 e. The lowest BCUT2D eigenvalue weighted by Gasteiger charge is -2.35. The summed E-state index contributed by atoms with van der Waals surface area (Å²) in [5.41, 5.74) is 7.14. The Morgan fingerprint density at radius 2 is 1.33 bits per heavy atom. The molecule has 1 heterocycles. The van der Waals surface area contributed by atoms with Gasteiger partial charge in [0, 0.05) is 25.3 Å². The Labute approximate surface area is 252 Å². The van der Waals surface area contributed by atoms with E-state index in [-0.39, 0.29) is 6.03 Å². The summed E-state index contributed by atoms with van der Waals surface area (Å²) in [6.07, 6.45) is 6.80. The van der Waals surface area contributed by atoms with Gasteiger partial charge in [-0.1, -0.05) is 110 Å². The molecule has 4 nitrogen and oxygen atoms in total. The molecule has 1 fully saturated rings. The van der Waals surface area contributed by atoms with Gasteiger partial charge in [0.05, 0.1) is 0 Å². The van der Waals surface area contributed by atoms with Gasteiger partial charge < -0.3 is 15.1 Å². The number of piperidine rings is 1. The Bertz CT molecular complexity index is 1350. The summed E-state index contributed by atoms with van der Waals surface area (Å²) in [6.45, 7) is 6.88. The summed E-state index contributed by atoms with van der Waals surface area (Å²) < 4.78 is 0. The molecular weight excluding hydrogens is 514 g/mol. The first-order chi connectivity index (χ1) is 20.7. The van der Waals surface area contributed by atoms with E-state index < -0.39 is 0 Å². The third-order valence-electron chi connectivity index (χ3n) is 8.49. The first kappa shape index (κ1) is 29.6. The fourth-order valence-corrected chi connectivity index (χ4v) is 5.85. The average Bonchev–Trinajstić information content (AvgIpc) is 3.05. The average molecular weight is 560 g/mol. The lowest BCUT2D eigenvalue weighted by Crippen LogP contribution is -2.42. The summed E-state index contributed by atoms with van der Waals surface area (Å²) >= 11 is 0. The normalized spacial score (nSPS) is 14.0. The lowest BCUT2D eigenvalue weighted by atomic mass is 9.95. The number of benzene rings is 4. The Kier molecular flexibility index (Phi) is 10.8. The van der Waals surface area contributed by atoms with Crippen LogP contribution >= 0.6 is 0 Å². The predicted molar refractivity (Wildman–Crippen MR) is 176 cm³/mol. The molecule has 4 aromatic carbocycles. The van der Waals surface area contributed by atoms with E-state index in [4.69, 9.17) is 0 Å². The van der Waals surface area contributed by atoms with Crippen LogP contribution in [0.25, 0.3) is 11.1 Å². The van der Waals surface area contributed by atoms with Crippen LogP contribution in [0.4, 0.5) is 10.5 Å².